The summed E-state index contributed by atoms with van der Waals surface area (Å²) in [5.74, 6) is -2.35. The van der Waals surface area contributed by atoms with Gasteiger partial charge >= 0.3 is 18.0 Å². The molecule has 3 amide bonds. The summed E-state index contributed by atoms with van der Waals surface area (Å²) in [4.78, 5) is 64.7. The predicted octanol–water partition coefficient (Wildman–Crippen LogP) is 6.14. The summed E-state index contributed by atoms with van der Waals surface area (Å²) < 4.78 is 16.4. The van der Waals surface area contributed by atoms with Crippen LogP contribution in [0.5, 0.6) is 0 Å². The quantitative estimate of drug-likeness (QED) is 0.118. The number of rotatable bonds is 14. The van der Waals surface area contributed by atoms with E-state index in [2.05, 4.69) is 16.0 Å². The Morgan fingerprint density at radius 1 is 0.760 bits per heavy atom. The van der Waals surface area contributed by atoms with Gasteiger partial charge in [0, 0.05) is 22.8 Å². The second-order valence-electron chi connectivity index (χ2n) is 15.0. The zero-order valence-electron chi connectivity index (χ0n) is 30.5. The summed E-state index contributed by atoms with van der Waals surface area (Å²) in [6, 6.07) is 13.7. The van der Waals surface area contributed by atoms with E-state index in [0.29, 0.717) is 0 Å². The SMILES string of the molecule is CC(C)(C)OC(=O)CNC(=O)[C@H](CSSC(C)(C)C)NC(=O)CC[C@H](NC(=O)OCC1c2ccccc2-c2ccccc21)C(=O)OC(C)(C)C. The van der Waals surface area contributed by atoms with Crippen molar-refractivity contribution in [2.75, 3.05) is 18.9 Å². The van der Waals surface area contributed by atoms with Gasteiger partial charge in [0.1, 0.15) is 36.4 Å². The molecule has 2 aromatic rings. The average Bonchev–Trinajstić information content (AvgIpc) is 3.31. The number of benzene rings is 2. The molecule has 0 saturated heterocycles. The summed E-state index contributed by atoms with van der Waals surface area (Å²) in [5.41, 5.74) is 2.70. The molecule has 274 valence electrons. The summed E-state index contributed by atoms with van der Waals surface area (Å²) in [5, 5.41) is 7.85. The summed E-state index contributed by atoms with van der Waals surface area (Å²) in [6.07, 6.45) is -1.14. The van der Waals surface area contributed by atoms with Crippen LogP contribution in [-0.4, -0.2) is 76.8 Å². The first-order valence-corrected chi connectivity index (χ1v) is 19.0. The molecule has 50 heavy (non-hydrogen) atoms. The molecule has 0 fully saturated rings. The first kappa shape index (κ1) is 40.7. The Labute approximate surface area is 303 Å². The third-order valence-corrected chi connectivity index (χ3v) is 10.4. The van der Waals surface area contributed by atoms with Gasteiger partial charge in [-0.05, 0) is 70.2 Å². The number of hydrogen-bond donors (Lipinski definition) is 3. The smallest absolute Gasteiger partial charge is 0.407 e. The van der Waals surface area contributed by atoms with Crippen molar-refractivity contribution in [3.05, 3.63) is 59.7 Å². The minimum Gasteiger partial charge on any atom is -0.459 e. The Kier molecular flexibility index (Phi) is 14.2. The summed E-state index contributed by atoms with van der Waals surface area (Å²) in [6.45, 7) is 16.1. The topological polar surface area (TPSA) is 149 Å². The molecule has 0 saturated carbocycles. The monoisotopic (exact) mass is 729 g/mol. The highest BCUT2D eigenvalue weighted by Gasteiger charge is 2.32. The van der Waals surface area contributed by atoms with E-state index in [1.807, 2.05) is 69.3 Å². The molecule has 2 atom stereocenters. The Bertz CT molecular complexity index is 1480. The Balaban J connectivity index is 1.65. The van der Waals surface area contributed by atoms with Crippen LogP contribution in [0.25, 0.3) is 11.1 Å². The number of alkyl carbamates (subject to hydrolysis) is 1. The molecule has 0 bridgehead atoms. The zero-order valence-corrected chi connectivity index (χ0v) is 32.1. The molecule has 0 radical (unpaired) electrons. The van der Waals surface area contributed by atoms with Crippen LogP contribution in [0.4, 0.5) is 4.79 Å². The summed E-state index contributed by atoms with van der Waals surface area (Å²) >= 11 is 0. The number of ether oxygens (including phenoxy) is 3. The van der Waals surface area contributed by atoms with Crippen LogP contribution in [0.3, 0.4) is 0 Å². The van der Waals surface area contributed by atoms with E-state index in [9.17, 15) is 24.0 Å². The standard InChI is InChI=1S/C37H51N3O8S2/c1-35(2,3)47-31(42)20-38-32(43)29(22-49-50-37(7,8)9)39-30(41)19-18-28(33(44)48-36(4,5)6)40-34(45)46-21-27-25-16-12-10-14-23(25)24-15-11-13-17-26(24)27/h10-17,27-29H,18-22H2,1-9H3,(H,38,43)(H,39,41)(H,40,45)/t28-,29-/m0/s1. The molecule has 0 aliphatic heterocycles. The largest absolute Gasteiger partial charge is 0.459 e. The number of carbonyl (C=O) groups is 5. The van der Waals surface area contributed by atoms with Gasteiger partial charge in [-0.1, -0.05) is 90.9 Å². The number of hydrogen-bond acceptors (Lipinski definition) is 10. The van der Waals surface area contributed by atoms with Crippen LogP contribution >= 0.6 is 21.6 Å². The average molecular weight is 730 g/mol. The van der Waals surface area contributed by atoms with E-state index < -0.39 is 53.1 Å². The molecule has 2 aromatic carbocycles. The molecule has 0 heterocycles. The Morgan fingerprint density at radius 2 is 1.32 bits per heavy atom. The summed E-state index contributed by atoms with van der Waals surface area (Å²) in [7, 11) is 2.96. The van der Waals surface area contributed by atoms with E-state index in [1.165, 1.54) is 10.8 Å². The van der Waals surface area contributed by atoms with E-state index in [0.717, 1.165) is 22.3 Å². The molecule has 0 spiro atoms. The van der Waals surface area contributed by atoms with Gasteiger partial charge in [0.2, 0.25) is 11.8 Å². The number of fused-ring (bicyclic) bond motifs is 3. The number of esters is 2. The fourth-order valence-electron chi connectivity index (χ4n) is 5.07. The van der Waals surface area contributed by atoms with E-state index >= 15 is 0 Å². The fourth-order valence-corrected chi connectivity index (χ4v) is 7.53. The molecule has 1 aliphatic carbocycles. The zero-order chi connectivity index (χ0) is 37.3. The van der Waals surface area contributed by atoms with Crippen LogP contribution in [0, 0.1) is 0 Å². The minimum atomic E-state index is -1.19. The van der Waals surface area contributed by atoms with E-state index in [1.54, 1.807) is 52.3 Å². The highest BCUT2D eigenvalue weighted by atomic mass is 33.1. The lowest BCUT2D eigenvalue weighted by atomic mass is 9.98. The number of carbonyl (C=O) groups excluding carboxylic acids is 5. The second kappa shape index (κ2) is 17.5. The third kappa shape index (κ3) is 13.5. The highest BCUT2D eigenvalue weighted by Crippen LogP contribution is 2.44. The van der Waals surface area contributed by atoms with Crippen LogP contribution in [0.2, 0.25) is 0 Å². The lowest BCUT2D eigenvalue weighted by Gasteiger charge is -2.25. The molecule has 3 rings (SSSR count). The first-order valence-electron chi connectivity index (χ1n) is 16.7. The van der Waals surface area contributed by atoms with Crippen molar-refractivity contribution in [1.82, 2.24) is 16.0 Å². The van der Waals surface area contributed by atoms with Crippen molar-refractivity contribution in [1.29, 1.82) is 0 Å². The lowest BCUT2D eigenvalue weighted by Crippen LogP contribution is -2.50. The van der Waals surface area contributed by atoms with Gasteiger partial charge in [0.25, 0.3) is 0 Å². The van der Waals surface area contributed by atoms with Crippen LogP contribution < -0.4 is 16.0 Å². The molecule has 0 unspecified atom stereocenters. The van der Waals surface area contributed by atoms with Crippen molar-refractivity contribution >= 4 is 51.4 Å². The normalized spacial score (nSPS) is 14.0. The van der Waals surface area contributed by atoms with Gasteiger partial charge < -0.3 is 30.2 Å². The molecular formula is C37H51N3O8S2. The minimum absolute atomic E-state index is 0.0473. The van der Waals surface area contributed by atoms with Crippen molar-refractivity contribution in [3.63, 3.8) is 0 Å². The Morgan fingerprint density at radius 3 is 1.86 bits per heavy atom. The van der Waals surface area contributed by atoms with Gasteiger partial charge in [-0.15, -0.1) is 0 Å². The van der Waals surface area contributed by atoms with Crippen LogP contribution in [-0.2, 0) is 33.4 Å². The molecular weight excluding hydrogens is 679 g/mol. The highest BCUT2D eigenvalue weighted by molar-refractivity contribution is 8.77. The van der Waals surface area contributed by atoms with Gasteiger partial charge in [0.15, 0.2) is 0 Å². The van der Waals surface area contributed by atoms with Crippen molar-refractivity contribution < 1.29 is 38.2 Å². The maximum Gasteiger partial charge on any atom is 0.407 e. The van der Waals surface area contributed by atoms with Crippen molar-refractivity contribution in [2.45, 2.75) is 109 Å². The fraction of sp³-hybridized carbons (Fsp3) is 0.541. The molecule has 3 N–H and O–H groups in total. The first-order chi connectivity index (χ1) is 23.2. The molecule has 13 heteroatoms. The maximum absolute atomic E-state index is 13.2. The lowest BCUT2D eigenvalue weighted by molar-refractivity contribution is -0.157. The van der Waals surface area contributed by atoms with Crippen molar-refractivity contribution in [3.8, 4) is 11.1 Å². The maximum atomic E-state index is 13.2. The third-order valence-electron chi connectivity index (χ3n) is 7.01. The van der Waals surface area contributed by atoms with Crippen LogP contribution in [0.1, 0.15) is 92.2 Å². The predicted molar refractivity (Wildman–Crippen MR) is 198 cm³/mol. The van der Waals surface area contributed by atoms with Gasteiger partial charge in [-0.3, -0.25) is 14.4 Å². The van der Waals surface area contributed by atoms with E-state index in [-0.39, 0.29) is 42.4 Å². The van der Waals surface area contributed by atoms with Gasteiger partial charge in [-0.2, -0.15) is 0 Å². The van der Waals surface area contributed by atoms with E-state index in [4.69, 9.17) is 14.2 Å². The molecule has 1 aliphatic rings. The number of nitrogens with one attached hydrogen (secondary N) is 3. The van der Waals surface area contributed by atoms with Crippen LogP contribution in [0.15, 0.2) is 48.5 Å². The van der Waals surface area contributed by atoms with Crippen molar-refractivity contribution in [2.24, 2.45) is 0 Å². The van der Waals surface area contributed by atoms with Gasteiger partial charge in [-0.25, -0.2) is 9.59 Å². The number of amides is 3. The van der Waals surface area contributed by atoms with Gasteiger partial charge in [0.05, 0.1) is 0 Å². The molecule has 0 aromatic heterocycles. The second-order valence-corrected chi connectivity index (χ2v) is 18.2. The molecule has 11 nitrogen and oxygen atoms in total. The Hall–Kier alpha value is -3.71.